The van der Waals surface area contributed by atoms with Crippen molar-refractivity contribution in [2.75, 3.05) is 17.8 Å². The van der Waals surface area contributed by atoms with Crippen LogP contribution >= 0.6 is 0 Å². The van der Waals surface area contributed by atoms with E-state index in [-0.39, 0.29) is 18.7 Å². The van der Waals surface area contributed by atoms with Crippen LogP contribution in [0.3, 0.4) is 0 Å². The first kappa shape index (κ1) is 13.5. The topological polar surface area (TPSA) is 90.4 Å². The van der Waals surface area contributed by atoms with Crippen LogP contribution in [0.15, 0.2) is 24.3 Å². The highest BCUT2D eigenvalue weighted by atomic mass is 16.5. The van der Waals surface area contributed by atoms with E-state index in [1.165, 1.54) is 0 Å². The van der Waals surface area contributed by atoms with Gasteiger partial charge in [0.25, 0.3) is 0 Å². The number of rotatable bonds is 6. The molecule has 0 aromatic heterocycles. The number of anilines is 2. The van der Waals surface area contributed by atoms with Gasteiger partial charge in [0.15, 0.2) is 0 Å². The minimum atomic E-state index is -0.0396. The number of amides is 1. The van der Waals surface area contributed by atoms with Crippen LogP contribution in [0.1, 0.15) is 19.8 Å². The molecule has 5 heteroatoms. The minimum Gasteiger partial charge on any atom is -0.399 e. The molecule has 0 radical (unpaired) electrons. The van der Waals surface area contributed by atoms with Crippen LogP contribution in [0.25, 0.3) is 0 Å². The van der Waals surface area contributed by atoms with Crippen LogP contribution in [0.5, 0.6) is 0 Å². The lowest BCUT2D eigenvalue weighted by Crippen LogP contribution is -2.18. The Morgan fingerprint density at radius 3 is 2.65 bits per heavy atom. The number of carbonyl (C=O) groups excluding carboxylic acids is 1. The van der Waals surface area contributed by atoms with Crippen molar-refractivity contribution in [1.82, 2.24) is 0 Å². The van der Waals surface area contributed by atoms with Crippen molar-refractivity contribution in [2.45, 2.75) is 25.9 Å². The number of ether oxygens (including phenoxy) is 1. The number of hydrogen-bond donors (Lipinski definition) is 3. The summed E-state index contributed by atoms with van der Waals surface area (Å²) in [6.07, 6.45) is 1.06. The zero-order valence-electron chi connectivity index (χ0n) is 9.98. The molecular weight excluding hydrogens is 218 g/mol. The normalized spacial score (nSPS) is 12.1. The average Bonchev–Trinajstić information content (AvgIpc) is 2.30. The highest BCUT2D eigenvalue weighted by Gasteiger charge is 2.06. The maximum Gasteiger partial charge on any atom is 0.224 e. The van der Waals surface area contributed by atoms with Gasteiger partial charge in [-0.3, -0.25) is 4.79 Å². The summed E-state index contributed by atoms with van der Waals surface area (Å²) >= 11 is 0. The summed E-state index contributed by atoms with van der Waals surface area (Å²) in [6.45, 7) is 2.07. The summed E-state index contributed by atoms with van der Waals surface area (Å²) in [6, 6.07) is 7.03. The maximum absolute atomic E-state index is 11.6. The van der Waals surface area contributed by atoms with Crippen LogP contribution in [-0.4, -0.2) is 18.7 Å². The fourth-order valence-corrected chi connectivity index (χ4v) is 1.37. The molecule has 94 valence electrons. The van der Waals surface area contributed by atoms with E-state index >= 15 is 0 Å². The molecular formula is C12H19N3O2. The van der Waals surface area contributed by atoms with Crippen molar-refractivity contribution >= 4 is 17.3 Å². The molecule has 1 rings (SSSR count). The van der Waals surface area contributed by atoms with E-state index in [1.54, 1.807) is 24.3 Å². The molecule has 0 fully saturated rings. The molecule has 1 aromatic carbocycles. The zero-order valence-corrected chi connectivity index (χ0v) is 9.98. The average molecular weight is 237 g/mol. The quantitative estimate of drug-likeness (QED) is 0.514. The predicted octanol–water partition coefficient (Wildman–Crippen LogP) is 1.31. The van der Waals surface area contributed by atoms with Crippen molar-refractivity contribution in [3.05, 3.63) is 24.3 Å². The molecule has 0 aliphatic carbocycles. The number of nitrogen functional groups attached to an aromatic ring is 1. The van der Waals surface area contributed by atoms with Gasteiger partial charge in [-0.05, 0) is 37.6 Å². The third-order valence-electron chi connectivity index (χ3n) is 2.35. The monoisotopic (exact) mass is 237 g/mol. The summed E-state index contributed by atoms with van der Waals surface area (Å²) in [4.78, 5) is 11.6. The Morgan fingerprint density at radius 1 is 1.41 bits per heavy atom. The molecule has 0 spiro atoms. The van der Waals surface area contributed by atoms with Gasteiger partial charge in [-0.2, -0.15) is 0 Å². The third-order valence-corrected chi connectivity index (χ3v) is 2.35. The first-order valence-electron chi connectivity index (χ1n) is 5.59. The van der Waals surface area contributed by atoms with Gasteiger partial charge in [0.1, 0.15) is 0 Å². The number of nitrogens with one attached hydrogen (secondary N) is 1. The summed E-state index contributed by atoms with van der Waals surface area (Å²) in [7, 11) is 0. The van der Waals surface area contributed by atoms with E-state index in [4.69, 9.17) is 16.2 Å². The van der Waals surface area contributed by atoms with E-state index in [0.29, 0.717) is 18.5 Å². The predicted molar refractivity (Wildman–Crippen MR) is 68.3 cm³/mol. The van der Waals surface area contributed by atoms with E-state index in [0.717, 1.165) is 5.69 Å². The molecule has 17 heavy (non-hydrogen) atoms. The van der Waals surface area contributed by atoms with E-state index < -0.39 is 0 Å². The number of hydrogen-bond acceptors (Lipinski definition) is 4. The van der Waals surface area contributed by atoms with Crippen molar-refractivity contribution < 1.29 is 9.53 Å². The highest BCUT2D eigenvalue weighted by Crippen LogP contribution is 2.11. The molecule has 0 heterocycles. The number of benzene rings is 1. The molecule has 0 bridgehead atoms. The third kappa shape index (κ3) is 5.33. The number of carbonyl (C=O) groups is 1. The van der Waals surface area contributed by atoms with Gasteiger partial charge in [0.2, 0.25) is 5.91 Å². The summed E-state index contributed by atoms with van der Waals surface area (Å²) in [5.74, 6) is -0.0396. The van der Waals surface area contributed by atoms with Crippen molar-refractivity contribution in [3.8, 4) is 0 Å². The summed E-state index contributed by atoms with van der Waals surface area (Å²) in [5, 5.41) is 2.79. The van der Waals surface area contributed by atoms with Crippen LogP contribution in [0, 0.1) is 0 Å². The second kappa shape index (κ2) is 6.88. The lowest BCUT2D eigenvalue weighted by Gasteiger charge is -2.11. The molecule has 1 amide bonds. The molecule has 0 saturated carbocycles. The van der Waals surface area contributed by atoms with Crippen molar-refractivity contribution in [3.63, 3.8) is 0 Å². The lowest BCUT2D eigenvalue weighted by molar-refractivity contribution is -0.116. The van der Waals surface area contributed by atoms with Crippen molar-refractivity contribution in [2.24, 2.45) is 5.73 Å². The van der Waals surface area contributed by atoms with Gasteiger partial charge in [-0.25, -0.2) is 0 Å². The first-order chi connectivity index (χ1) is 8.11. The van der Waals surface area contributed by atoms with Gasteiger partial charge in [0.05, 0.1) is 12.8 Å². The Balaban J connectivity index is 2.32. The molecule has 0 saturated heterocycles. The molecule has 1 aromatic rings. The minimum absolute atomic E-state index is 0.00262. The molecule has 5 N–H and O–H groups in total. The fraction of sp³-hybridized carbons (Fsp3) is 0.417. The molecule has 1 unspecified atom stereocenters. The Hall–Kier alpha value is -1.59. The number of nitrogens with two attached hydrogens (primary N) is 2. The SMILES string of the molecule is CC(CCC(=O)Nc1ccc(N)cc1)OCN. The molecule has 5 nitrogen and oxygen atoms in total. The molecule has 0 aliphatic rings. The van der Waals surface area contributed by atoms with Crippen LogP contribution in [-0.2, 0) is 9.53 Å². The first-order valence-corrected chi connectivity index (χ1v) is 5.59. The summed E-state index contributed by atoms with van der Waals surface area (Å²) in [5.41, 5.74) is 12.2. The van der Waals surface area contributed by atoms with E-state index in [2.05, 4.69) is 5.32 Å². The van der Waals surface area contributed by atoms with Gasteiger partial charge in [-0.15, -0.1) is 0 Å². The highest BCUT2D eigenvalue weighted by molar-refractivity contribution is 5.90. The van der Waals surface area contributed by atoms with Gasteiger partial charge < -0.3 is 21.5 Å². The van der Waals surface area contributed by atoms with Gasteiger partial charge >= 0.3 is 0 Å². The summed E-state index contributed by atoms with van der Waals surface area (Å²) < 4.78 is 5.14. The largest absolute Gasteiger partial charge is 0.399 e. The van der Waals surface area contributed by atoms with Crippen molar-refractivity contribution in [1.29, 1.82) is 0 Å². The lowest BCUT2D eigenvalue weighted by atomic mass is 10.2. The Labute approximate surface area is 101 Å². The standard InChI is InChI=1S/C12H19N3O2/c1-9(17-8-13)2-7-12(16)15-11-5-3-10(14)4-6-11/h3-6,9H,2,7-8,13-14H2,1H3,(H,15,16). The van der Waals surface area contributed by atoms with Gasteiger partial charge in [-0.1, -0.05) is 0 Å². The van der Waals surface area contributed by atoms with E-state index in [9.17, 15) is 4.79 Å². The Kier molecular flexibility index (Phi) is 5.45. The second-order valence-corrected chi connectivity index (χ2v) is 3.85. The molecule has 0 aliphatic heterocycles. The maximum atomic E-state index is 11.6. The molecule has 1 atom stereocenters. The van der Waals surface area contributed by atoms with Crippen LogP contribution in [0.2, 0.25) is 0 Å². The Morgan fingerprint density at radius 2 is 2.06 bits per heavy atom. The van der Waals surface area contributed by atoms with E-state index in [1.807, 2.05) is 6.92 Å². The second-order valence-electron chi connectivity index (χ2n) is 3.85. The smallest absolute Gasteiger partial charge is 0.224 e. The van der Waals surface area contributed by atoms with Gasteiger partial charge in [0, 0.05) is 17.8 Å². The Bertz CT molecular complexity index is 351. The fourth-order valence-electron chi connectivity index (χ4n) is 1.37. The van der Waals surface area contributed by atoms with Crippen LogP contribution in [0.4, 0.5) is 11.4 Å². The zero-order chi connectivity index (χ0) is 12.7. The van der Waals surface area contributed by atoms with Crippen LogP contribution < -0.4 is 16.8 Å².